The van der Waals surface area contributed by atoms with Gasteiger partial charge in [0.25, 0.3) is 11.5 Å². The topological polar surface area (TPSA) is 96.8 Å². The van der Waals surface area contributed by atoms with Crippen LogP contribution in [0, 0.1) is 0 Å². The molecule has 0 saturated carbocycles. The van der Waals surface area contributed by atoms with Crippen molar-refractivity contribution in [1.82, 2.24) is 14.5 Å². The first kappa shape index (κ1) is 17.9. The van der Waals surface area contributed by atoms with Crippen molar-refractivity contribution >= 4 is 34.8 Å². The lowest BCUT2D eigenvalue weighted by molar-refractivity contribution is 0.102. The van der Waals surface area contributed by atoms with Crippen LogP contribution in [-0.2, 0) is 6.54 Å². The second-order valence-electron chi connectivity index (χ2n) is 5.27. The number of aromatic amines is 1. The van der Waals surface area contributed by atoms with E-state index in [-0.39, 0.29) is 27.8 Å². The molecule has 0 radical (unpaired) electrons. The molecule has 26 heavy (non-hydrogen) atoms. The number of pyridine rings is 1. The molecule has 1 amide bonds. The van der Waals surface area contributed by atoms with Crippen molar-refractivity contribution in [3.05, 3.63) is 90.9 Å². The van der Waals surface area contributed by atoms with Crippen LogP contribution in [0.5, 0.6) is 0 Å². The number of nitrogens with zero attached hydrogens (tertiary/aromatic N) is 2. The lowest BCUT2D eigenvalue weighted by Crippen LogP contribution is -2.39. The quantitative estimate of drug-likeness (QED) is 0.714. The summed E-state index contributed by atoms with van der Waals surface area (Å²) in [5, 5.41) is 2.94. The lowest BCUT2D eigenvalue weighted by atomic mass is 10.2. The number of carbonyl (C=O) groups is 1. The third-order valence-corrected chi connectivity index (χ3v) is 4.18. The van der Waals surface area contributed by atoms with Gasteiger partial charge in [-0.2, -0.15) is 0 Å². The molecule has 3 aromatic rings. The maximum atomic E-state index is 12.6. The largest absolute Gasteiger partial charge is 0.328 e. The van der Waals surface area contributed by atoms with Crippen LogP contribution in [-0.4, -0.2) is 20.4 Å². The van der Waals surface area contributed by atoms with Gasteiger partial charge in [0.05, 0.1) is 28.0 Å². The van der Waals surface area contributed by atoms with E-state index in [0.717, 1.165) is 10.8 Å². The molecule has 2 aromatic heterocycles. The molecule has 9 heteroatoms. The Morgan fingerprint density at radius 3 is 2.50 bits per heavy atom. The fraction of sp³-hybridized carbons (Fsp3) is 0.0588. The maximum absolute atomic E-state index is 12.6. The molecule has 0 aliphatic heterocycles. The Bertz CT molecular complexity index is 1060. The van der Waals surface area contributed by atoms with Crippen LogP contribution < -0.4 is 16.6 Å². The van der Waals surface area contributed by atoms with E-state index in [1.165, 1.54) is 0 Å². The van der Waals surface area contributed by atoms with E-state index in [0.29, 0.717) is 5.69 Å². The zero-order valence-electron chi connectivity index (χ0n) is 13.2. The van der Waals surface area contributed by atoms with Gasteiger partial charge in [-0.3, -0.25) is 19.1 Å². The van der Waals surface area contributed by atoms with Gasteiger partial charge in [0.15, 0.2) is 0 Å². The maximum Gasteiger partial charge on any atom is 0.328 e. The number of nitrogens with one attached hydrogen (secondary N) is 2. The molecule has 1 aromatic carbocycles. The van der Waals surface area contributed by atoms with E-state index in [4.69, 9.17) is 23.2 Å². The molecule has 3 rings (SSSR count). The van der Waals surface area contributed by atoms with Gasteiger partial charge in [0.2, 0.25) is 0 Å². The van der Waals surface area contributed by atoms with Crippen LogP contribution >= 0.6 is 23.2 Å². The number of halogens is 2. The monoisotopic (exact) mass is 390 g/mol. The molecule has 2 N–H and O–H groups in total. The first-order chi connectivity index (χ1) is 12.5. The van der Waals surface area contributed by atoms with Crippen molar-refractivity contribution in [3.63, 3.8) is 0 Å². The molecule has 0 spiro atoms. The van der Waals surface area contributed by atoms with Crippen molar-refractivity contribution in [2.24, 2.45) is 0 Å². The van der Waals surface area contributed by atoms with E-state index >= 15 is 0 Å². The molecule has 0 atom stereocenters. The summed E-state index contributed by atoms with van der Waals surface area (Å²) in [5.41, 5.74) is -0.959. The lowest BCUT2D eigenvalue weighted by Gasteiger charge is -2.10. The molecule has 132 valence electrons. The normalized spacial score (nSPS) is 10.5. The molecule has 0 saturated heterocycles. The predicted molar refractivity (Wildman–Crippen MR) is 99.1 cm³/mol. The first-order valence-corrected chi connectivity index (χ1v) is 8.21. The van der Waals surface area contributed by atoms with Gasteiger partial charge < -0.3 is 10.3 Å². The number of amides is 1. The van der Waals surface area contributed by atoms with Crippen molar-refractivity contribution in [1.29, 1.82) is 0 Å². The van der Waals surface area contributed by atoms with E-state index in [2.05, 4.69) is 15.3 Å². The molecular weight excluding hydrogens is 379 g/mol. The van der Waals surface area contributed by atoms with Gasteiger partial charge in [-0.15, -0.1) is 0 Å². The Kier molecular flexibility index (Phi) is 5.20. The fourth-order valence-electron chi connectivity index (χ4n) is 2.27. The summed E-state index contributed by atoms with van der Waals surface area (Å²) >= 11 is 12.0. The zero-order valence-corrected chi connectivity index (χ0v) is 14.7. The summed E-state index contributed by atoms with van der Waals surface area (Å²) in [4.78, 5) is 43.5. The Hall–Kier alpha value is -2.90. The summed E-state index contributed by atoms with van der Waals surface area (Å²) in [7, 11) is 0. The highest BCUT2D eigenvalue weighted by molar-refractivity contribution is 6.40. The minimum atomic E-state index is -0.750. The van der Waals surface area contributed by atoms with Crippen LogP contribution in [0.3, 0.4) is 0 Å². The van der Waals surface area contributed by atoms with Crippen LogP contribution in [0.15, 0.2) is 58.4 Å². The number of aromatic nitrogens is 3. The number of benzene rings is 1. The van der Waals surface area contributed by atoms with Crippen molar-refractivity contribution in [3.8, 4) is 0 Å². The molecule has 2 heterocycles. The Balaban J connectivity index is 1.96. The average Bonchev–Trinajstić information content (AvgIpc) is 2.62. The number of rotatable bonds is 4. The van der Waals surface area contributed by atoms with E-state index in [1.54, 1.807) is 42.6 Å². The fourth-order valence-corrected chi connectivity index (χ4v) is 2.76. The smallest absolute Gasteiger partial charge is 0.319 e. The number of H-pyrrole nitrogens is 1. The predicted octanol–water partition coefficient (Wildman–Crippen LogP) is 2.54. The second kappa shape index (κ2) is 7.55. The highest BCUT2D eigenvalue weighted by atomic mass is 35.5. The summed E-state index contributed by atoms with van der Waals surface area (Å²) in [5.74, 6) is -0.740. The van der Waals surface area contributed by atoms with Gasteiger partial charge in [-0.1, -0.05) is 35.3 Å². The van der Waals surface area contributed by atoms with Crippen molar-refractivity contribution in [2.75, 3.05) is 5.32 Å². The highest BCUT2D eigenvalue weighted by Gasteiger charge is 2.17. The molecule has 0 fully saturated rings. The molecule has 0 bridgehead atoms. The van der Waals surface area contributed by atoms with Crippen LogP contribution in [0.1, 0.15) is 16.1 Å². The van der Waals surface area contributed by atoms with Gasteiger partial charge in [0, 0.05) is 12.4 Å². The number of para-hydroxylation sites is 1. The zero-order chi connectivity index (χ0) is 18.7. The summed E-state index contributed by atoms with van der Waals surface area (Å²) in [6.45, 7) is -0.0665. The SMILES string of the molecule is O=C(Nc1c(Cl)cccc1Cl)c1c[nH]c(=O)n(Cc2ccccn2)c1=O. The number of hydrogen-bond donors (Lipinski definition) is 2. The standard InChI is InChI=1S/C17H12Cl2N4O3/c18-12-5-3-6-13(19)14(12)22-15(24)11-8-21-17(26)23(16(11)25)9-10-4-1-2-7-20-10/h1-8H,9H2,(H,21,26)(H,22,24). The molecular formula is C17H12Cl2N4O3. The van der Waals surface area contributed by atoms with Crippen LogP contribution in [0.2, 0.25) is 10.0 Å². The van der Waals surface area contributed by atoms with Crippen LogP contribution in [0.25, 0.3) is 0 Å². The summed E-state index contributed by atoms with van der Waals surface area (Å²) in [6.07, 6.45) is 2.60. The van der Waals surface area contributed by atoms with Gasteiger partial charge in [-0.25, -0.2) is 4.79 Å². The second-order valence-corrected chi connectivity index (χ2v) is 6.09. The molecule has 0 aliphatic rings. The third kappa shape index (κ3) is 3.68. The molecule has 0 unspecified atom stereocenters. The Labute approximate surface area is 157 Å². The van der Waals surface area contributed by atoms with Crippen LogP contribution in [0.4, 0.5) is 5.69 Å². The molecule has 7 nitrogen and oxygen atoms in total. The van der Waals surface area contributed by atoms with E-state index in [9.17, 15) is 14.4 Å². The average molecular weight is 391 g/mol. The number of anilines is 1. The van der Waals surface area contributed by atoms with Gasteiger partial charge >= 0.3 is 5.69 Å². The number of hydrogen-bond acceptors (Lipinski definition) is 4. The van der Waals surface area contributed by atoms with E-state index in [1.807, 2.05) is 0 Å². The molecule has 0 aliphatic carbocycles. The Morgan fingerprint density at radius 1 is 1.12 bits per heavy atom. The number of carbonyl (C=O) groups excluding carboxylic acids is 1. The van der Waals surface area contributed by atoms with Gasteiger partial charge in [-0.05, 0) is 24.3 Å². The van der Waals surface area contributed by atoms with Gasteiger partial charge in [0.1, 0.15) is 5.56 Å². The van der Waals surface area contributed by atoms with Crippen molar-refractivity contribution in [2.45, 2.75) is 6.54 Å². The summed E-state index contributed by atoms with van der Waals surface area (Å²) in [6, 6.07) is 9.85. The third-order valence-electron chi connectivity index (χ3n) is 3.55. The highest BCUT2D eigenvalue weighted by Crippen LogP contribution is 2.29. The van der Waals surface area contributed by atoms with Crippen molar-refractivity contribution < 1.29 is 4.79 Å². The van der Waals surface area contributed by atoms with E-state index < -0.39 is 17.2 Å². The minimum Gasteiger partial charge on any atom is -0.319 e. The summed E-state index contributed by atoms with van der Waals surface area (Å²) < 4.78 is 0.894. The minimum absolute atomic E-state index is 0.0665. The Morgan fingerprint density at radius 2 is 1.85 bits per heavy atom. The first-order valence-electron chi connectivity index (χ1n) is 7.45.